The molecule has 0 radical (unpaired) electrons. The van der Waals surface area contributed by atoms with Gasteiger partial charge in [0.25, 0.3) is 0 Å². The predicted molar refractivity (Wildman–Crippen MR) is 131 cm³/mol. The number of esters is 3. The third-order valence-corrected chi connectivity index (χ3v) is 5.77. The fourth-order valence-electron chi connectivity index (χ4n) is 3.96. The van der Waals surface area contributed by atoms with E-state index < -0.39 is 29.7 Å². The van der Waals surface area contributed by atoms with Crippen LogP contribution in [0.1, 0.15) is 71.9 Å². The van der Waals surface area contributed by atoms with Crippen molar-refractivity contribution in [1.29, 1.82) is 0 Å². The lowest BCUT2D eigenvalue weighted by molar-refractivity contribution is -0.146. The molecule has 7 heteroatoms. The molecule has 0 saturated heterocycles. The molecule has 1 aromatic carbocycles. The van der Waals surface area contributed by atoms with Crippen LogP contribution in [0.15, 0.2) is 46.1 Å². The minimum atomic E-state index is -0.801. The monoisotopic (exact) mass is 469 g/mol. The number of benzene rings is 1. The van der Waals surface area contributed by atoms with Crippen LogP contribution >= 0.6 is 0 Å². The molecule has 1 aliphatic rings. The summed E-state index contributed by atoms with van der Waals surface area (Å²) >= 11 is 0. The predicted octanol–water partition coefficient (Wildman–Crippen LogP) is 5.01. The summed E-state index contributed by atoms with van der Waals surface area (Å²) in [6.45, 7) is 12.8. The van der Waals surface area contributed by atoms with Gasteiger partial charge in [-0.2, -0.15) is 0 Å². The topological polar surface area (TPSA) is 91.3 Å². The van der Waals surface area contributed by atoms with Gasteiger partial charge in [0, 0.05) is 22.9 Å². The van der Waals surface area contributed by atoms with Crippen molar-refractivity contribution in [3.05, 3.63) is 52.2 Å². The Morgan fingerprint density at radius 1 is 1.06 bits per heavy atom. The highest BCUT2D eigenvalue weighted by Gasteiger charge is 2.43. The van der Waals surface area contributed by atoms with Gasteiger partial charge in [0.2, 0.25) is 0 Å². The van der Waals surface area contributed by atoms with Gasteiger partial charge in [0.1, 0.15) is 5.92 Å². The number of hydrogen-bond donors (Lipinski definition) is 0. The van der Waals surface area contributed by atoms with Gasteiger partial charge >= 0.3 is 17.9 Å². The average Bonchev–Trinajstić information content (AvgIpc) is 2.78. The molecule has 0 aliphatic carbocycles. The quantitative estimate of drug-likeness (QED) is 0.287. The van der Waals surface area contributed by atoms with Crippen molar-refractivity contribution in [3.8, 4) is 0 Å². The second-order valence-corrected chi connectivity index (χ2v) is 8.26. The molecule has 1 aliphatic heterocycles. The van der Waals surface area contributed by atoms with E-state index in [1.54, 1.807) is 40.7 Å². The molecule has 0 bridgehead atoms. The summed E-state index contributed by atoms with van der Waals surface area (Å²) in [6, 6.07) is 7.37. The Kier molecular flexibility index (Phi) is 9.78. The standard InChI is InChI=1S/C27H35NO6/c1-8-17(5)34-25(29)16(4)15-20-13-11-12-14-21(20)24-22(26(30)32-9-2)18(6)28-19(7)23(24)27(31)33-10-3/h11-15,17,22,24H,8-10H2,1-7H3. The highest BCUT2D eigenvalue weighted by Crippen LogP contribution is 2.41. The molecule has 34 heavy (non-hydrogen) atoms. The minimum absolute atomic E-state index is 0.192. The van der Waals surface area contributed by atoms with E-state index in [-0.39, 0.29) is 19.3 Å². The van der Waals surface area contributed by atoms with Crippen molar-refractivity contribution >= 4 is 29.7 Å². The van der Waals surface area contributed by atoms with Crippen LogP contribution in [0.4, 0.5) is 0 Å². The first kappa shape index (κ1) is 27.0. The van der Waals surface area contributed by atoms with Crippen molar-refractivity contribution in [2.75, 3.05) is 13.2 Å². The normalized spacial score (nSPS) is 19.3. The molecule has 0 fully saturated rings. The lowest BCUT2D eigenvalue weighted by atomic mass is 9.74. The van der Waals surface area contributed by atoms with E-state index >= 15 is 0 Å². The molecule has 0 saturated carbocycles. The maximum Gasteiger partial charge on any atom is 0.336 e. The third kappa shape index (κ3) is 6.22. The zero-order valence-corrected chi connectivity index (χ0v) is 21.1. The molecule has 2 rings (SSSR count). The van der Waals surface area contributed by atoms with Gasteiger partial charge in [-0.05, 0) is 65.2 Å². The molecule has 1 aromatic rings. The van der Waals surface area contributed by atoms with Gasteiger partial charge < -0.3 is 14.2 Å². The molecule has 184 valence electrons. The molecular weight excluding hydrogens is 434 g/mol. The van der Waals surface area contributed by atoms with Crippen molar-refractivity contribution in [2.24, 2.45) is 10.9 Å². The maximum atomic E-state index is 13.1. The Morgan fingerprint density at radius 2 is 1.71 bits per heavy atom. The Labute approximate surface area is 201 Å². The van der Waals surface area contributed by atoms with Crippen LogP contribution in [0, 0.1) is 5.92 Å². The number of hydrogen-bond acceptors (Lipinski definition) is 7. The van der Waals surface area contributed by atoms with E-state index in [4.69, 9.17) is 14.2 Å². The van der Waals surface area contributed by atoms with Crippen molar-refractivity contribution < 1.29 is 28.6 Å². The van der Waals surface area contributed by atoms with Crippen LogP contribution in [0.25, 0.3) is 6.08 Å². The first-order valence-corrected chi connectivity index (χ1v) is 11.7. The molecule has 0 amide bonds. The number of aliphatic imine (C=N–C) groups is 1. The fraction of sp³-hybridized carbons (Fsp3) is 0.481. The van der Waals surface area contributed by atoms with Crippen molar-refractivity contribution in [3.63, 3.8) is 0 Å². The SMILES string of the molecule is CCOC(=O)C1=C(C)N=C(C)C(C(=O)OCC)C1c1ccccc1C=C(C)C(=O)OC(C)CC. The summed E-state index contributed by atoms with van der Waals surface area (Å²) in [5, 5.41) is 0. The van der Waals surface area contributed by atoms with Crippen LogP contribution in [0.5, 0.6) is 0 Å². The van der Waals surface area contributed by atoms with Gasteiger partial charge in [-0.15, -0.1) is 0 Å². The van der Waals surface area contributed by atoms with Crippen LogP contribution in [0.3, 0.4) is 0 Å². The zero-order chi connectivity index (χ0) is 25.4. The number of carbonyl (C=O) groups is 3. The Hall–Kier alpha value is -3.22. The summed E-state index contributed by atoms with van der Waals surface area (Å²) in [5.41, 5.74) is 3.18. The van der Waals surface area contributed by atoms with Gasteiger partial charge in [0.05, 0.1) is 24.9 Å². The van der Waals surface area contributed by atoms with Crippen LogP contribution < -0.4 is 0 Å². The maximum absolute atomic E-state index is 13.1. The molecule has 3 unspecified atom stereocenters. The number of nitrogens with zero attached hydrogens (tertiary/aromatic N) is 1. The lowest BCUT2D eigenvalue weighted by Gasteiger charge is -2.32. The van der Waals surface area contributed by atoms with E-state index in [0.717, 1.165) is 0 Å². The van der Waals surface area contributed by atoms with Gasteiger partial charge in [-0.3, -0.25) is 9.79 Å². The minimum Gasteiger partial charge on any atom is -0.465 e. The summed E-state index contributed by atoms with van der Waals surface area (Å²) in [5.74, 6) is -2.88. The number of allylic oxidation sites excluding steroid dienone is 1. The number of rotatable bonds is 9. The Balaban J connectivity index is 2.67. The van der Waals surface area contributed by atoms with Crippen molar-refractivity contribution in [2.45, 2.75) is 66.9 Å². The first-order chi connectivity index (χ1) is 16.2. The largest absolute Gasteiger partial charge is 0.465 e. The van der Waals surface area contributed by atoms with E-state index in [0.29, 0.717) is 40.1 Å². The molecule has 0 N–H and O–H groups in total. The smallest absolute Gasteiger partial charge is 0.336 e. The van der Waals surface area contributed by atoms with Crippen molar-refractivity contribution in [1.82, 2.24) is 0 Å². The third-order valence-electron chi connectivity index (χ3n) is 5.77. The number of ether oxygens (including phenoxy) is 3. The summed E-state index contributed by atoms with van der Waals surface area (Å²) in [6.07, 6.45) is 2.24. The fourth-order valence-corrected chi connectivity index (χ4v) is 3.96. The molecular formula is C27H35NO6. The van der Waals surface area contributed by atoms with Gasteiger partial charge in [0.15, 0.2) is 0 Å². The van der Waals surface area contributed by atoms with Gasteiger partial charge in [-0.1, -0.05) is 31.2 Å². The average molecular weight is 470 g/mol. The van der Waals surface area contributed by atoms with Crippen LogP contribution in [0.2, 0.25) is 0 Å². The highest BCUT2D eigenvalue weighted by molar-refractivity contribution is 6.07. The molecule has 0 spiro atoms. The summed E-state index contributed by atoms with van der Waals surface area (Å²) < 4.78 is 16.1. The Morgan fingerprint density at radius 3 is 2.32 bits per heavy atom. The van der Waals surface area contributed by atoms with E-state index in [1.807, 2.05) is 38.1 Å². The Bertz CT molecular complexity index is 1020. The van der Waals surface area contributed by atoms with Crippen LogP contribution in [-0.2, 0) is 28.6 Å². The summed E-state index contributed by atoms with van der Waals surface area (Å²) in [4.78, 5) is 43.1. The number of carbonyl (C=O) groups excluding carboxylic acids is 3. The second-order valence-electron chi connectivity index (χ2n) is 8.26. The molecule has 1 heterocycles. The summed E-state index contributed by atoms with van der Waals surface area (Å²) in [7, 11) is 0. The first-order valence-electron chi connectivity index (χ1n) is 11.7. The zero-order valence-electron chi connectivity index (χ0n) is 21.1. The molecule has 3 atom stereocenters. The van der Waals surface area contributed by atoms with E-state index in [9.17, 15) is 14.4 Å². The second kappa shape index (κ2) is 12.3. The van der Waals surface area contributed by atoms with Gasteiger partial charge in [-0.25, -0.2) is 9.59 Å². The van der Waals surface area contributed by atoms with Crippen LogP contribution in [-0.4, -0.2) is 42.9 Å². The highest BCUT2D eigenvalue weighted by atomic mass is 16.5. The molecule has 0 aromatic heterocycles. The lowest BCUT2D eigenvalue weighted by Crippen LogP contribution is -2.37. The van der Waals surface area contributed by atoms with E-state index in [1.165, 1.54) is 0 Å². The molecule has 7 nitrogen and oxygen atoms in total. The van der Waals surface area contributed by atoms with E-state index in [2.05, 4.69) is 4.99 Å².